The number of urea groups is 1. The van der Waals surface area contributed by atoms with Crippen LogP contribution >= 0.6 is 0 Å². The molecule has 6 nitrogen and oxygen atoms in total. The molecule has 1 aliphatic rings. The number of carbonyl (C=O) groups excluding carboxylic acids is 1. The average Bonchev–Trinajstić information content (AvgIpc) is 2.96. The molecule has 0 atom stereocenters. The number of anilines is 1. The number of para-hydroxylation sites is 1. The molecule has 0 aliphatic carbocycles. The summed E-state index contributed by atoms with van der Waals surface area (Å²) in [6, 6.07) is 6.39. The lowest BCUT2D eigenvalue weighted by atomic mass is 10.1. The lowest BCUT2D eigenvalue weighted by Crippen LogP contribution is -2.44. The van der Waals surface area contributed by atoms with E-state index in [9.17, 15) is 9.18 Å². The number of aromatic nitrogens is 2. The fourth-order valence-corrected chi connectivity index (χ4v) is 2.65. The van der Waals surface area contributed by atoms with Gasteiger partial charge >= 0.3 is 6.03 Å². The van der Waals surface area contributed by atoms with Crippen molar-refractivity contribution >= 4 is 11.7 Å². The van der Waals surface area contributed by atoms with Crippen molar-refractivity contribution in [1.29, 1.82) is 0 Å². The van der Waals surface area contributed by atoms with Crippen LogP contribution in [0.15, 0.2) is 36.7 Å². The Balaban J connectivity index is 1.63. The summed E-state index contributed by atoms with van der Waals surface area (Å²) < 4.78 is 15.2. The number of benzene rings is 1. The van der Waals surface area contributed by atoms with E-state index in [-0.39, 0.29) is 17.9 Å². The first kappa shape index (κ1) is 14.4. The number of carbonyl (C=O) groups is 1. The highest BCUT2D eigenvalue weighted by Crippen LogP contribution is 2.18. The van der Waals surface area contributed by atoms with Crippen LogP contribution in [0.25, 0.3) is 5.69 Å². The third kappa shape index (κ3) is 3.03. The summed E-state index contributed by atoms with van der Waals surface area (Å²) in [6.45, 7) is 1.29. The van der Waals surface area contributed by atoms with Crippen molar-refractivity contribution in [2.24, 2.45) is 5.73 Å². The van der Waals surface area contributed by atoms with Gasteiger partial charge < -0.3 is 16.0 Å². The van der Waals surface area contributed by atoms with Crippen molar-refractivity contribution < 1.29 is 9.18 Å². The highest BCUT2D eigenvalue weighted by Gasteiger charge is 2.21. The standard InChI is InChI=1S/C15H18FN5O/c16-13-3-1-2-4-14(13)21-10-12(9-18-21)19-11-5-7-20(8-6-11)15(17)22/h1-4,9-11,19H,5-8H2,(H2,17,22). The van der Waals surface area contributed by atoms with Crippen LogP contribution in [0.3, 0.4) is 0 Å². The van der Waals surface area contributed by atoms with Crippen LogP contribution in [-0.4, -0.2) is 39.8 Å². The lowest BCUT2D eigenvalue weighted by molar-refractivity contribution is 0.193. The molecule has 0 saturated carbocycles. The molecule has 0 radical (unpaired) electrons. The van der Waals surface area contributed by atoms with Gasteiger partial charge in [-0.2, -0.15) is 5.10 Å². The van der Waals surface area contributed by atoms with Crippen molar-refractivity contribution in [2.45, 2.75) is 18.9 Å². The first-order valence-corrected chi connectivity index (χ1v) is 7.24. The minimum absolute atomic E-state index is 0.258. The molecule has 1 aliphatic heterocycles. The first-order valence-electron chi connectivity index (χ1n) is 7.24. The van der Waals surface area contributed by atoms with Gasteiger partial charge in [0, 0.05) is 19.1 Å². The Hall–Kier alpha value is -2.57. The van der Waals surface area contributed by atoms with Gasteiger partial charge in [-0.25, -0.2) is 13.9 Å². The number of piperidine rings is 1. The molecule has 3 N–H and O–H groups in total. The molecule has 1 aromatic heterocycles. The molecule has 0 bridgehead atoms. The van der Waals surface area contributed by atoms with Crippen LogP contribution in [0.5, 0.6) is 0 Å². The van der Waals surface area contributed by atoms with Gasteiger partial charge in [-0.1, -0.05) is 12.1 Å². The molecule has 0 spiro atoms. The number of primary amides is 1. The van der Waals surface area contributed by atoms with Gasteiger partial charge in [0.1, 0.15) is 11.5 Å². The maximum Gasteiger partial charge on any atom is 0.314 e. The molecule has 7 heteroatoms. The summed E-state index contributed by atoms with van der Waals surface area (Å²) in [4.78, 5) is 12.7. The predicted octanol–water partition coefficient (Wildman–Crippen LogP) is 1.97. The Bertz CT molecular complexity index is 663. The predicted molar refractivity (Wildman–Crippen MR) is 81.3 cm³/mol. The van der Waals surface area contributed by atoms with Crippen LogP contribution in [0.1, 0.15) is 12.8 Å². The van der Waals surface area contributed by atoms with E-state index in [0.29, 0.717) is 18.8 Å². The highest BCUT2D eigenvalue weighted by molar-refractivity contribution is 5.72. The number of rotatable bonds is 3. The second kappa shape index (κ2) is 6.05. The van der Waals surface area contributed by atoms with Crippen LogP contribution in [0.4, 0.5) is 14.9 Å². The third-order valence-corrected chi connectivity index (χ3v) is 3.86. The van der Waals surface area contributed by atoms with Gasteiger partial charge in [0.05, 0.1) is 18.1 Å². The van der Waals surface area contributed by atoms with Crippen molar-refractivity contribution in [3.8, 4) is 5.69 Å². The van der Waals surface area contributed by atoms with Gasteiger partial charge in [-0.05, 0) is 25.0 Å². The number of hydrogen-bond acceptors (Lipinski definition) is 3. The summed E-state index contributed by atoms with van der Waals surface area (Å²) in [5, 5.41) is 7.55. The fraction of sp³-hybridized carbons (Fsp3) is 0.333. The summed E-state index contributed by atoms with van der Waals surface area (Å²) in [6.07, 6.45) is 5.09. The number of halogens is 1. The first-order chi connectivity index (χ1) is 10.6. The fourth-order valence-electron chi connectivity index (χ4n) is 2.65. The number of hydrogen-bond donors (Lipinski definition) is 2. The number of likely N-dealkylation sites (tertiary alicyclic amines) is 1. The Morgan fingerprint density at radius 3 is 2.73 bits per heavy atom. The Morgan fingerprint density at radius 2 is 2.05 bits per heavy atom. The molecule has 22 heavy (non-hydrogen) atoms. The molecule has 1 fully saturated rings. The van der Waals surface area contributed by atoms with Crippen molar-refractivity contribution in [3.63, 3.8) is 0 Å². The molecule has 2 aromatic rings. The van der Waals surface area contributed by atoms with Crippen molar-refractivity contribution in [2.75, 3.05) is 18.4 Å². The van der Waals surface area contributed by atoms with Crippen molar-refractivity contribution in [1.82, 2.24) is 14.7 Å². The normalized spacial score (nSPS) is 15.8. The second-order valence-corrected chi connectivity index (χ2v) is 5.37. The largest absolute Gasteiger partial charge is 0.380 e. The Labute approximate surface area is 127 Å². The van der Waals surface area contributed by atoms with E-state index in [4.69, 9.17) is 5.73 Å². The molecular weight excluding hydrogens is 285 g/mol. The van der Waals surface area contributed by atoms with Gasteiger partial charge in [0.25, 0.3) is 0 Å². The molecule has 3 rings (SSSR count). The molecule has 116 valence electrons. The van der Waals surface area contributed by atoms with Crippen LogP contribution in [0, 0.1) is 5.82 Å². The summed E-state index contributed by atoms with van der Waals surface area (Å²) >= 11 is 0. The lowest BCUT2D eigenvalue weighted by Gasteiger charge is -2.31. The second-order valence-electron chi connectivity index (χ2n) is 5.37. The quantitative estimate of drug-likeness (QED) is 0.910. The van der Waals surface area contributed by atoms with E-state index >= 15 is 0 Å². The SMILES string of the molecule is NC(=O)N1CCC(Nc2cnn(-c3ccccc3F)c2)CC1. The summed E-state index contributed by atoms with van der Waals surface area (Å²) in [5.41, 5.74) is 6.51. The van der Waals surface area contributed by atoms with Crippen LogP contribution in [-0.2, 0) is 0 Å². The van der Waals surface area contributed by atoms with E-state index in [1.807, 2.05) is 0 Å². The van der Waals surface area contributed by atoms with Crippen molar-refractivity contribution in [3.05, 3.63) is 42.5 Å². The van der Waals surface area contributed by atoms with Crippen LogP contribution in [0.2, 0.25) is 0 Å². The number of nitrogens with zero attached hydrogens (tertiary/aromatic N) is 3. The smallest absolute Gasteiger partial charge is 0.314 e. The number of amides is 2. The maximum atomic E-state index is 13.7. The molecule has 1 aromatic carbocycles. The minimum atomic E-state index is -0.370. The van der Waals surface area contributed by atoms with E-state index in [1.165, 1.54) is 10.7 Å². The Kier molecular flexibility index (Phi) is 3.95. The number of nitrogens with one attached hydrogen (secondary N) is 1. The summed E-state index contributed by atoms with van der Waals surface area (Å²) in [7, 11) is 0. The van der Waals surface area contributed by atoms with Gasteiger partial charge in [-0.15, -0.1) is 0 Å². The molecule has 1 saturated heterocycles. The average molecular weight is 303 g/mol. The van der Waals surface area contributed by atoms with Gasteiger partial charge in [-0.3, -0.25) is 0 Å². The topological polar surface area (TPSA) is 76.2 Å². The molecule has 2 amide bonds. The van der Waals surface area contributed by atoms with Crippen LogP contribution < -0.4 is 11.1 Å². The monoisotopic (exact) mass is 303 g/mol. The maximum absolute atomic E-state index is 13.7. The van der Waals surface area contributed by atoms with E-state index in [0.717, 1.165) is 18.5 Å². The molecule has 0 unspecified atom stereocenters. The van der Waals surface area contributed by atoms with E-state index in [1.54, 1.807) is 35.5 Å². The zero-order chi connectivity index (χ0) is 15.5. The molecular formula is C15H18FN5O. The zero-order valence-corrected chi connectivity index (χ0v) is 12.1. The zero-order valence-electron chi connectivity index (χ0n) is 12.1. The molecule has 2 heterocycles. The minimum Gasteiger partial charge on any atom is -0.380 e. The van der Waals surface area contributed by atoms with E-state index < -0.39 is 0 Å². The van der Waals surface area contributed by atoms with Gasteiger partial charge in [0.15, 0.2) is 0 Å². The van der Waals surface area contributed by atoms with Gasteiger partial charge in [0.2, 0.25) is 0 Å². The highest BCUT2D eigenvalue weighted by atomic mass is 19.1. The third-order valence-electron chi connectivity index (χ3n) is 3.86. The summed E-state index contributed by atoms with van der Waals surface area (Å²) in [5.74, 6) is -0.313. The van der Waals surface area contributed by atoms with E-state index in [2.05, 4.69) is 10.4 Å². The Morgan fingerprint density at radius 1 is 1.32 bits per heavy atom. The number of nitrogens with two attached hydrogens (primary N) is 1.